The van der Waals surface area contributed by atoms with E-state index in [1.54, 1.807) is 0 Å². The molecular weight excluding hydrogens is 350 g/mol. The quantitative estimate of drug-likeness (QED) is 0.823. The lowest BCUT2D eigenvalue weighted by Gasteiger charge is -2.40. The van der Waals surface area contributed by atoms with Crippen molar-refractivity contribution in [2.24, 2.45) is 17.6 Å². The fraction of sp³-hybridized carbons (Fsp3) is 0.600. The van der Waals surface area contributed by atoms with E-state index in [9.17, 15) is 9.59 Å². The van der Waals surface area contributed by atoms with Crippen LogP contribution >= 0.6 is 12.4 Å². The zero-order valence-corrected chi connectivity index (χ0v) is 17.0. The average Bonchev–Trinajstić information content (AvgIpc) is 2.59. The standard InChI is InChI=1S/C20H31N3O2.ClH/c1-13(2)18(21)20(25)22-12-17(24)23-11-5-6-15(4)19(23)16-9-7-14(3)8-10-16;/h7-10,13,15,18-19H,5-6,11-12,21H2,1-4H3,(H,22,25);1H/t15?,18-,19?;/m0./s1. The van der Waals surface area contributed by atoms with Crippen molar-refractivity contribution in [3.05, 3.63) is 35.4 Å². The first-order chi connectivity index (χ1) is 11.8. The van der Waals surface area contributed by atoms with E-state index in [2.05, 4.69) is 43.4 Å². The molecule has 0 spiro atoms. The second-order valence-corrected chi connectivity index (χ2v) is 7.55. The molecule has 1 aliphatic rings. The number of nitrogens with zero attached hydrogens (tertiary/aromatic N) is 1. The molecular formula is C20H32ClN3O2. The fourth-order valence-electron chi connectivity index (χ4n) is 3.42. The van der Waals surface area contributed by atoms with Gasteiger partial charge in [-0.2, -0.15) is 0 Å². The van der Waals surface area contributed by atoms with Crippen LogP contribution in [0.3, 0.4) is 0 Å². The lowest BCUT2D eigenvalue weighted by atomic mass is 9.85. The van der Waals surface area contributed by atoms with E-state index in [1.807, 2.05) is 18.7 Å². The minimum atomic E-state index is -0.582. The number of aryl methyl sites for hydroxylation is 1. The van der Waals surface area contributed by atoms with Crippen LogP contribution in [0.25, 0.3) is 0 Å². The first-order valence-corrected chi connectivity index (χ1v) is 9.20. The third-order valence-electron chi connectivity index (χ3n) is 5.11. The summed E-state index contributed by atoms with van der Waals surface area (Å²) in [4.78, 5) is 26.7. The highest BCUT2D eigenvalue weighted by atomic mass is 35.5. The molecule has 146 valence electrons. The maximum atomic E-state index is 12.8. The number of rotatable bonds is 5. The van der Waals surface area contributed by atoms with Gasteiger partial charge < -0.3 is 16.0 Å². The van der Waals surface area contributed by atoms with Gasteiger partial charge in [-0.15, -0.1) is 12.4 Å². The van der Waals surface area contributed by atoms with Crippen molar-refractivity contribution in [3.63, 3.8) is 0 Å². The molecule has 2 amide bonds. The van der Waals surface area contributed by atoms with Crippen LogP contribution in [0.1, 0.15) is 50.8 Å². The van der Waals surface area contributed by atoms with Crippen molar-refractivity contribution in [2.75, 3.05) is 13.1 Å². The van der Waals surface area contributed by atoms with Gasteiger partial charge in [-0.3, -0.25) is 9.59 Å². The summed E-state index contributed by atoms with van der Waals surface area (Å²) in [6, 6.07) is 7.87. The van der Waals surface area contributed by atoms with Gasteiger partial charge in [-0.1, -0.05) is 50.6 Å². The molecule has 6 heteroatoms. The molecule has 1 aromatic rings. The van der Waals surface area contributed by atoms with Gasteiger partial charge in [0.1, 0.15) is 0 Å². The van der Waals surface area contributed by atoms with Gasteiger partial charge in [0.05, 0.1) is 18.6 Å². The van der Waals surface area contributed by atoms with Crippen LogP contribution in [0.15, 0.2) is 24.3 Å². The molecule has 1 saturated heterocycles. The topological polar surface area (TPSA) is 75.4 Å². The Labute approximate surface area is 163 Å². The molecule has 1 aliphatic heterocycles. The minimum Gasteiger partial charge on any atom is -0.346 e. The number of likely N-dealkylation sites (tertiary alicyclic amines) is 1. The van der Waals surface area contributed by atoms with E-state index in [-0.39, 0.29) is 42.7 Å². The molecule has 3 atom stereocenters. The van der Waals surface area contributed by atoms with Crippen molar-refractivity contribution in [1.29, 1.82) is 0 Å². The molecule has 26 heavy (non-hydrogen) atoms. The maximum absolute atomic E-state index is 12.8. The number of amides is 2. The van der Waals surface area contributed by atoms with Gasteiger partial charge >= 0.3 is 0 Å². The van der Waals surface area contributed by atoms with Crippen LogP contribution in [-0.2, 0) is 9.59 Å². The second-order valence-electron chi connectivity index (χ2n) is 7.55. The zero-order chi connectivity index (χ0) is 18.6. The zero-order valence-electron chi connectivity index (χ0n) is 16.2. The number of nitrogens with two attached hydrogens (primary N) is 1. The Bertz CT molecular complexity index is 604. The minimum absolute atomic E-state index is 0. The van der Waals surface area contributed by atoms with Gasteiger partial charge in [0.2, 0.25) is 11.8 Å². The Kier molecular flexibility index (Phi) is 8.57. The number of benzene rings is 1. The van der Waals surface area contributed by atoms with Crippen molar-refractivity contribution in [2.45, 2.75) is 52.6 Å². The summed E-state index contributed by atoms with van der Waals surface area (Å²) in [7, 11) is 0. The van der Waals surface area contributed by atoms with Crippen molar-refractivity contribution < 1.29 is 9.59 Å². The van der Waals surface area contributed by atoms with Crippen molar-refractivity contribution in [1.82, 2.24) is 10.2 Å². The highest BCUT2D eigenvalue weighted by Gasteiger charge is 2.33. The predicted molar refractivity (Wildman–Crippen MR) is 107 cm³/mol. The summed E-state index contributed by atoms with van der Waals surface area (Å²) in [5.74, 6) is 0.140. The number of hydrogen-bond acceptors (Lipinski definition) is 3. The lowest BCUT2D eigenvalue weighted by Crippen LogP contribution is -2.50. The molecule has 5 nitrogen and oxygen atoms in total. The molecule has 2 rings (SSSR count). The Balaban J connectivity index is 0.00000338. The number of piperidine rings is 1. The van der Waals surface area contributed by atoms with Crippen molar-refractivity contribution in [3.8, 4) is 0 Å². The van der Waals surface area contributed by atoms with Crippen molar-refractivity contribution >= 4 is 24.2 Å². The van der Waals surface area contributed by atoms with E-state index in [1.165, 1.54) is 5.56 Å². The fourth-order valence-corrected chi connectivity index (χ4v) is 3.42. The Hall–Kier alpha value is -1.59. The molecule has 0 bridgehead atoms. The molecule has 1 aromatic carbocycles. The number of halogens is 1. The summed E-state index contributed by atoms with van der Waals surface area (Å²) in [6.07, 6.45) is 2.10. The summed E-state index contributed by atoms with van der Waals surface area (Å²) in [5.41, 5.74) is 8.21. The van der Waals surface area contributed by atoms with E-state index >= 15 is 0 Å². The monoisotopic (exact) mass is 381 g/mol. The van der Waals surface area contributed by atoms with Crippen LogP contribution < -0.4 is 11.1 Å². The highest BCUT2D eigenvalue weighted by molar-refractivity contribution is 5.87. The molecule has 1 fully saturated rings. The molecule has 2 unspecified atom stereocenters. The highest BCUT2D eigenvalue weighted by Crippen LogP contribution is 2.35. The van der Waals surface area contributed by atoms with E-state index in [0.717, 1.165) is 24.9 Å². The number of hydrogen-bond donors (Lipinski definition) is 2. The first-order valence-electron chi connectivity index (χ1n) is 9.20. The number of nitrogens with one attached hydrogen (secondary N) is 1. The summed E-state index contributed by atoms with van der Waals surface area (Å²) in [6.45, 7) is 8.78. The van der Waals surface area contributed by atoms with Crippen LogP contribution in [-0.4, -0.2) is 35.8 Å². The van der Waals surface area contributed by atoms with Crippen LogP contribution in [0, 0.1) is 18.8 Å². The molecule has 0 saturated carbocycles. The van der Waals surface area contributed by atoms with Gasteiger partial charge in [0.25, 0.3) is 0 Å². The SMILES string of the molecule is Cc1ccc(C2C(C)CCCN2C(=O)CNC(=O)[C@@H](N)C(C)C)cc1.Cl. The Morgan fingerprint density at radius 3 is 2.46 bits per heavy atom. The predicted octanol–water partition coefficient (Wildman–Crippen LogP) is 2.82. The molecule has 1 heterocycles. The lowest BCUT2D eigenvalue weighted by molar-refractivity contribution is -0.137. The van der Waals surface area contributed by atoms with E-state index < -0.39 is 6.04 Å². The van der Waals surface area contributed by atoms with Crippen LogP contribution in [0.2, 0.25) is 0 Å². The summed E-state index contributed by atoms with van der Waals surface area (Å²) in [5, 5.41) is 2.70. The third kappa shape index (κ3) is 5.45. The van der Waals surface area contributed by atoms with E-state index in [0.29, 0.717) is 5.92 Å². The van der Waals surface area contributed by atoms with Crippen LogP contribution in [0.4, 0.5) is 0 Å². The van der Waals surface area contributed by atoms with Gasteiger partial charge in [0, 0.05) is 6.54 Å². The first kappa shape index (κ1) is 22.5. The maximum Gasteiger partial charge on any atom is 0.242 e. The Morgan fingerprint density at radius 1 is 1.27 bits per heavy atom. The van der Waals surface area contributed by atoms with Crippen LogP contribution in [0.5, 0.6) is 0 Å². The Morgan fingerprint density at radius 2 is 1.88 bits per heavy atom. The number of carbonyl (C=O) groups is 2. The van der Waals surface area contributed by atoms with Gasteiger partial charge in [0.15, 0.2) is 0 Å². The summed E-state index contributed by atoms with van der Waals surface area (Å²) < 4.78 is 0. The van der Waals surface area contributed by atoms with Gasteiger partial charge in [-0.05, 0) is 37.2 Å². The third-order valence-corrected chi connectivity index (χ3v) is 5.11. The largest absolute Gasteiger partial charge is 0.346 e. The molecule has 0 aromatic heterocycles. The molecule has 0 radical (unpaired) electrons. The molecule has 3 N–H and O–H groups in total. The normalized spacial score (nSPS) is 21.1. The smallest absolute Gasteiger partial charge is 0.242 e. The second kappa shape index (κ2) is 9.93. The number of carbonyl (C=O) groups excluding carboxylic acids is 2. The van der Waals surface area contributed by atoms with E-state index in [4.69, 9.17) is 5.73 Å². The van der Waals surface area contributed by atoms with Gasteiger partial charge in [-0.25, -0.2) is 0 Å². The average molecular weight is 382 g/mol. The molecule has 0 aliphatic carbocycles. The summed E-state index contributed by atoms with van der Waals surface area (Å²) >= 11 is 0.